The second kappa shape index (κ2) is 6.44. The molecule has 2 rings (SSSR count). The highest BCUT2D eigenvalue weighted by atomic mass is 32.1. The minimum atomic E-state index is -0.509. The summed E-state index contributed by atoms with van der Waals surface area (Å²) in [6.07, 6.45) is 1.37. The summed E-state index contributed by atoms with van der Waals surface area (Å²) in [6, 6.07) is 3.69. The molecule has 1 amide bonds. The van der Waals surface area contributed by atoms with Crippen molar-refractivity contribution in [2.45, 2.75) is 46.3 Å². The van der Waals surface area contributed by atoms with Gasteiger partial charge in [0, 0.05) is 11.8 Å². The fraction of sp³-hybridized carbons (Fsp3) is 0.438. The molecule has 22 heavy (non-hydrogen) atoms. The minimum Gasteiger partial charge on any atom is -0.444 e. The van der Waals surface area contributed by atoms with Gasteiger partial charge >= 0.3 is 6.09 Å². The van der Waals surface area contributed by atoms with Gasteiger partial charge in [-0.3, -0.25) is 4.98 Å². The van der Waals surface area contributed by atoms with E-state index in [0.717, 1.165) is 21.8 Å². The lowest BCUT2D eigenvalue weighted by atomic mass is 10.1. The number of amides is 1. The summed E-state index contributed by atoms with van der Waals surface area (Å²) in [7, 11) is 0. The zero-order valence-electron chi connectivity index (χ0n) is 13.5. The molecule has 5 nitrogen and oxygen atoms in total. The van der Waals surface area contributed by atoms with E-state index in [-0.39, 0.29) is 6.04 Å². The largest absolute Gasteiger partial charge is 0.444 e. The first kappa shape index (κ1) is 16.4. The lowest BCUT2D eigenvalue weighted by molar-refractivity contribution is 0.0507. The van der Waals surface area contributed by atoms with Crippen LogP contribution in [0.25, 0.3) is 10.4 Å². The molecule has 0 saturated heterocycles. The summed E-state index contributed by atoms with van der Waals surface area (Å²) in [6.45, 7) is 9.36. The van der Waals surface area contributed by atoms with Crippen LogP contribution in [0.4, 0.5) is 4.79 Å². The van der Waals surface area contributed by atoms with Gasteiger partial charge in [-0.15, -0.1) is 11.3 Å². The summed E-state index contributed by atoms with van der Waals surface area (Å²) in [5, 5.41) is 2.78. The van der Waals surface area contributed by atoms with E-state index in [1.807, 2.05) is 58.5 Å². The van der Waals surface area contributed by atoms with Crippen LogP contribution in [-0.2, 0) is 4.74 Å². The standard InChI is InChI=1S/C16H21N3O2S/c1-10(19-15(20)21-16(3,4)5)13-7-6-12(8-17-13)14-11(2)18-9-22-14/h6-10H,1-5H3,(H,19,20)/t10-/m0/s1. The van der Waals surface area contributed by atoms with Crippen LogP contribution in [0.5, 0.6) is 0 Å². The van der Waals surface area contributed by atoms with Crippen LogP contribution in [0.2, 0.25) is 0 Å². The molecule has 118 valence electrons. The molecule has 0 aliphatic heterocycles. The van der Waals surface area contributed by atoms with E-state index in [1.54, 1.807) is 11.3 Å². The summed E-state index contributed by atoms with van der Waals surface area (Å²) < 4.78 is 5.24. The molecule has 0 aliphatic rings. The number of nitrogens with one attached hydrogen (secondary N) is 1. The first-order valence-corrected chi connectivity index (χ1v) is 8.00. The van der Waals surface area contributed by atoms with Crippen molar-refractivity contribution in [3.8, 4) is 10.4 Å². The van der Waals surface area contributed by atoms with Crippen LogP contribution in [-0.4, -0.2) is 21.7 Å². The predicted molar refractivity (Wildman–Crippen MR) is 87.9 cm³/mol. The lowest BCUT2D eigenvalue weighted by Crippen LogP contribution is -2.34. The smallest absolute Gasteiger partial charge is 0.408 e. The van der Waals surface area contributed by atoms with Crippen molar-refractivity contribution < 1.29 is 9.53 Å². The van der Waals surface area contributed by atoms with Crippen molar-refractivity contribution >= 4 is 17.4 Å². The average molecular weight is 319 g/mol. The number of rotatable bonds is 3. The Labute approximate surface area is 134 Å². The lowest BCUT2D eigenvalue weighted by Gasteiger charge is -2.21. The van der Waals surface area contributed by atoms with Gasteiger partial charge in [0.05, 0.1) is 27.8 Å². The Morgan fingerprint density at radius 3 is 2.55 bits per heavy atom. The van der Waals surface area contributed by atoms with Crippen LogP contribution in [0, 0.1) is 6.92 Å². The van der Waals surface area contributed by atoms with Gasteiger partial charge < -0.3 is 10.1 Å². The number of carbonyl (C=O) groups excluding carboxylic acids is 1. The topological polar surface area (TPSA) is 64.1 Å². The molecule has 2 aromatic heterocycles. The number of hydrogen-bond acceptors (Lipinski definition) is 5. The number of carbonyl (C=O) groups is 1. The molecule has 0 saturated carbocycles. The zero-order valence-corrected chi connectivity index (χ0v) is 14.3. The normalized spacial score (nSPS) is 12.8. The fourth-order valence-electron chi connectivity index (χ4n) is 1.93. The minimum absolute atomic E-state index is 0.216. The zero-order chi connectivity index (χ0) is 16.3. The van der Waals surface area contributed by atoms with E-state index in [1.165, 1.54) is 0 Å². The Balaban J connectivity index is 2.04. The Kier molecular flexibility index (Phi) is 4.81. The molecule has 2 aromatic rings. The van der Waals surface area contributed by atoms with E-state index >= 15 is 0 Å². The molecule has 0 aliphatic carbocycles. The van der Waals surface area contributed by atoms with Crippen molar-refractivity contribution in [2.75, 3.05) is 0 Å². The van der Waals surface area contributed by atoms with E-state index in [2.05, 4.69) is 15.3 Å². The van der Waals surface area contributed by atoms with Crippen LogP contribution >= 0.6 is 11.3 Å². The number of aryl methyl sites for hydroxylation is 1. The number of thiazole rings is 1. The first-order valence-electron chi connectivity index (χ1n) is 7.12. The van der Waals surface area contributed by atoms with Crippen molar-refractivity contribution in [2.24, 2.45) is 0 Å². The van der Waals surface area contributed by atoms with E-state index in [0.29, 0.717) is 0 Å². The van der Waals surface area contributed by atoms with Crippen LogP contribution in [0.1, 0.15) is 45.1 Å². The third kappa shape index (κ3) is 4.27. The fourth-order valence-corrected chi connectivity index (χ4v) is 2.73. The molecule has 0 bridgehead atoms. The van der Waals surface area contributed by atoms with Gasteiger partial charge in [0.2, 0.25) is 0 Å². The Hall–Kier alpha value is -1.95. The SMILES string of the molecule is Cc1ncsc1-c1ccc([C@H](C)NC(=O)OC(C)(C)C)nc1. The molecule has 2 heterocycles. The summed E-state index contributed by atoms with van der Waals surface area (Å²) in [5.74, 6) is 0. The average Bonchev–Trinajstić information content (AvgIpc) is 2.83. The molecule has 0 aromatic carbocycles. The maximum atomic E-state index is 11.8. The molecule has 0 unspecified atom stereocenters. The number of alkyl carbamates (subject to hydrolysis) is 1. The van der Waals surface area contributed by atoms with Gasteiger partial charge in [0.15, 0.2) is 0 Å². The first-order chi connectivity index (χ1) is 10.3. The monoisotopic (exact) mass is 319 g/mol. The van der Waals surface area contributed by atoms with Crippen LogP contribution in [0.15, 0.2) is 23.8 Å². The quantitative estimate of drug-likeness (QED) is 0.925. The number of hydrogen-bond donors (Lipinski definition) is 1. The molecule has 0 fully saturated rings. The van der Waals surface area contributed by atoms with Crippen LogP contribution < -0.4 is 5.32 Å². The molecule has 1 N–H and O–H groups in total. The van der Waals surface area contributed by atoms with Gasteiger partial charge in [0.1, 0.15) is 5.60 Å². The van der Waals surface area contributed by atoms with Gasteiger partial charge in [-0.25, -0.2) is 9.78 Å². The van der Waals surface area contributed by atoms with Crippen molar-refractivity contribution in [3.05, 3.63) is 35.2 Å². The van der Waals surface area contributed by atoms with Crippen molar-refractivity contribution in [1.29, 1.82) is 0 Å². The summed E-state index contributed by atoms with van der Waals surface area (Å²) in [4.78, 5) is 21.6. The van der Waals surface area contributed by atoms with Gasteiger partial charge in [-0.05, 0) is 40.7 Å². The molecular weight excluding hydrogens is 298 g/mol. The van der Waals surface area contributed by atoms with E-state index < -0.39 is 11.7 Å². The Bertz CT molecular complexity index is 644. The Morgan fingerprint density at radius 1 is 1.32 bits per heavy atom. The predicted octanol–water partition coefficient (Wildman–Crippen LogP) is 4.10. The molecule has 0 spiro atoms. The van der Waals surface area contributed by atoms with Gasteiger partial charge in [-0.2, -0.15) is 0 Å². The third-order valence-electron chi connectivity index (χ3n) is 2.97. The van der Waals surface area contributed by atoms with Crippen LogP contribution in [0.3, 0.4) is 0 Å². The van der Waals surface area contributed by atoms with Crippen molar-refractivity contribution in [3.63, 3.8) is 0 Å². The van der Waals surface area contributed by atoms with Gasteiger partial charge in [-0.1, -0.05) is 6.07 Å². The third-order valence-corrected chi connectivity index (χ3v) is 3.95. The second-order valence-electron chi connectivity index (χ2n) is 6.11. The highest BCUT2D eigenvalue weighted by Crippen LogP contribution is 2.27. The Morgan fingerprint density at radius 2 is 2.05 bits per heavy atom. The highest BCUT2D eigenvalue weighted by Gasteiger charge is 2.18. The maximum absolute atomic E-state index is 11.8. The molecular formula is C16H21N3O2S. The van der Waals surface area contributed by atoms with Crippen molar-refractivity contribution in [1.82, 2.24) is 15.3 Å². The van der Waals surface area contributed by atoms with E-state index in [4.69, 9.17) is 4.74 Å². The number of ether oxygens (including phenoxy) is 1. The number of aromatic nitrogens is 2. The number of nitrogens with zero attached hydrogens (tertiary/aromatic N) is 2. The maximum Gasteiger partial charge on any atom is 0.408 e. The summed E-state index contributed by atoms with van der Waals surface area (Å²) in [5.41, 5.74) is 4.14. The highest BCUT2D eigenvalue weighted by molar-refractivity contribution is 7.13. The molecule has 6 heteroatoms. The summed E-state index contributed by atoms with van der Waals surface area (Å²) >= 11 is 1.59. The molecule has 1 atom stereocenters. The van der Waals surface area contributed by atoms with E-state index in [9.17, 15) is 4.79 Å². The number of pyridine rings is 1. The second-order valence-corrected chi connectivity index (χ2v) is 6.96. The van der Waals surface area contributed by atoms with Gasteiger partial charge in [0.25, 0.3) is 0 Å². The molecule has 0 radical (unpaired) electrons.